The van der Waals surface area contributed by atoms with Gasteiger partial charge in [-0.25, -0.2) is 5.43 Å². The van der Waals surface area contributed by atoms with Crippen LogP contribution in [0.15, 0.2) is 51.7 Å². The molecule has 0 aliphatic carbocycles. The number of hydrazone groups is 1. The van der Waals surface area contributed by atoms with E-state index in [0.717, 1.165) is 11.1 Å². The maximum atomic E-state index is 8.36. The van der Waals surface area contributed by atoms with Crippen molar-refractivity contribution in [2.24, 2.45) is 21.0 Å². The van der Waals surface area contributed by atoms with Crippen molar-refractivity contribution in [2.45, 2.75) is 0 Å². The van der Waals surface area contributed by atoms with Crippen LogP contribution in [0.5, 0.6) is 0 Å². The maximum absolute atomic E-state index is 8.36. The molecule has 0 saturated heterocycles. The van der Waals surface area contributed by atoms with Crippen molar-refractivity contribution in [1.82, 2.24) is 5.43 Å². The topological polar surface area (TPSA) is 138 Å². The summed E-state index contributed by atoms with van der Waals surface area (Å²) >= 11 is 23.5. The van der Waals surface area contributed by atoms with Crippen LogP contribution in [0.25, 0.3) is 0 Å². The molecule has 0 aliphatic heterocycles. The van der Waals surface area contributed by atoms with E-state index in [2.05, 4.69) is 20.7 Å². The summed E-state index contributed by atoms with van der Waals surface area (Å²) in [5, 5.41) is 26.9. The second-order valence-corrected chi connectivity index (χ2v) is 6.31. The van der Waals surface area contributed by atoms with E-state index in [1.165, 1.54) is 12.4 Å². The van der Waals surface area contributed by atoms with Gasteiger partial charge in [0.1, 0.15) is 0 Å². The summed E-state index contributed by atoms with van der Waals surface area (Å²) in [5.41, 5.74) is 9.65. The predicted octanol–water partition coefficient (Wildman–Crippen LogP) is 4.22. The minimum atomic E-state index is -1.50. The summed E-state index contributed by atoms with van der Waals surface area (Å²) in [5.74, 6) is 0.0163. The first-order valence-corrected chi connectivity index (χ1v) is 8.59. The molecule has 2 aromatic carbocycles. The largest absolute Gasteiger partial charge is 0.367 e. The predicted molar refractivity (Wildman–Crippen MR) is 112 cm³/mol. The summed E-state index contributed by atoms with van der Waals surface area (Å²) < 4.78 is 0. The van der Waals surface area contributed by atoms with Crippen LogP contribution in [0.1, 0.15) is 11.1 Å². The fourth-order valence-electron chi connectivity index (χ4n) is 1.54. The van der Waals surface area contributed by atoms with Gasteiger partial charge in [-0.05, 0) is 35.4 Å². The van der Waals surface area contributed by atoms with Crippen LogP contribution >= 0.6 is 46.4 Å². The molecule has 2 aromatic rings. The molecule has 28 heavy (non-hydrogen) atoms. The molecule has 0 aromatic heterocycles. The Morgan fingerprint density at radius 3 is 1.93 bits per heavy atom. The zero-order valence-electron chi connectivity index (χ0n) is 13.8. The molecule has 0 fully saturated rings. The van der Waals surface area contributed by atoms with Crippen LogP contribution in [0.4, 0.5) is 0 Å². The number of hydrogen-bond acceptors (Lipinski definition) is 5. The van der Waals surface area contributed by atoms with Gasteiger partial charge in [0, 0.05) is 0 Å². The molecule has 0 heterocycles. The smallest absolute Gasteiger partial charge is 0.291 e. The average molecular weight is 466 g/mol. The highest BCUT2D eigenvalue weighted by Gasteiger charge is 1.98. The van der Waals surface area contributed by atoms with Gasteiger partial charge in [-0.15, -0.1) is 15.2 Å². The summed E-state index contributed by atoms with van der Waals surface area (Å²) in [6.45, 7) is 0. The first kappa shape index (κ1) is 23.4. The lowest BCUT2D eigenvalue weighted by molar-refractivity contribution is -0.742. The molecule has 0 atom stereocenters. The average Bonchev–Trinajstić information content (AvgIpc) is 2.61. The molecule has 0 bridgehead atoms. The van der Waals surface area contributed by atoms with Crippen molar-refractivity contribution < 1.29 is 10.3 Å². The van der Waals surface area contributed by atoms with Crippen LogP contribution < -0.4 is 11.2 Å². The molecule has 13 heteroatoms. The number of nitrogens with zero attached hydrogens (tertiary/aromatic N) is 4. The number of guanidine groups is 1. The Morgan fingerprint density at radius 1 is 1.00 bits per heavy atom. The normalized spacial score (nSPS) is 11.4. The van der Waals surface area contributed by atoms with E-state index in [1.807, 2.05) is 0 Å². The third-order valence-electron chi connectivity index (χ3n) is 2.65. The molecule has 148 valence electrons. The second kappa shape index (κ2) is 12.0. The van der Waals surface area contributed by atoms with E-state index in [-0.39, 0.29) is 5.96 Å². The van der Waals surface area contributed by atoms with Gasteiger partial charge < -0.3 is 10.9 Å². The zero-order chi connectivity index (χ0) is 21.1. The van der Waals surface area contributed by atoms with E-state index < -0.39 is 5.09 Å². The maximum Gasteiger partial charge on any atom is 0.291 e. The highest BCUT2D eigenvalue weighted by Crippen LogP contribution is 2.22. The highest BCUT2D eigenvalue weighted by atomic mass is 35.5. The van der Waals surface area contributed by atoms with Gasteiger partial charge in [0.2, 0.25) is 5.96 Å². The molecular weight excluding hydrogens is 454 g/mol. The van der Waals surface area contributed by atoms with Gasteiger partial charge in [-0.3, -0.25) is 0 Å². The Kier molecular flexibility index (Phi) is 10.0. The van der Waals surface area contributed by atoms with Gasteiger partial charge in [0.25, 0.3) is 5.09 Å². The fourth-order valence-corrected chi connectivity index (χ4v) is 2.15. The van der Waals surface area contributed by atoms with Crippen LogP contribution in [0, 0.1) is 10.1 Å². The number of rotatable bonds is 4. The first-order chi connectivity index (χ1) is 13.2. The van der Waals surface area contributed by atoms with Crippen LogP contribution in [0.3, 0.4) is 0 Å². The van der Waals surface area contributed by atoms with Crippen molar-refractivity contribution in [3.8, 4) is 0 Å². The van der Waals surface area contributed by atoms with E-state index in [1.54, 1.807) is 36.4 Å². The molecular formula is C15H12Cl4N6O3. The van der Waals surface area contributed by atoms with Gasteiger partial charge in [-0.2, -0.15) is 10.2 Å². The Hall–Kier alpha value is -2.59. The van der Waals surface area contributed by atoms with E-state index >= 15 is 0 Å². The lowest BCUT2D eigenvalue weighted by Gasteiger charge is -1.98. The van der Waals surface area contributed by atoms with E-state index in [4.69, 9.17) is 67.5 Å². The van der Waals surface area contributed by atoms with Crippen molar-refractivity contribution in [1.29, 1.82) is 0 Å². The Balaban J connectivity index is 0.000000892. The number of benzene rings is 2. The molecule has 0 spiro atoms. The quantitative estimate of drug-likeness (QED) is 0.268. The number of hydrogen-bond donors (Lipinski definition) is 3. The Bertz CT molecular complexity index is 917. The van der Waals surface area contributed by atoms with Crippen molar-refractivity contribution in [3.63, 3.8) is 0 Å². The molecule has 0 aliphatic rings. The highest BCUT2D eigenvalue weighted by molar-refractivity contribution is 6.42. The lowest BCUT2D eigenvalue weighted by Crippen LogP contribution is -2.26. The monoisotopic (exact) mass is 464 g/mol. The molecule has 0 radical (unpaired) electrons. The fraction of sp³-hybridized carbons (Fsp3) is 0. The number of nitrogens with two attached hydrogens (primary N) is 1. The van der Waals surface area contributed by atoms with Gasteiger partial charge in [0.15, 0.2) is 0 Å². The molecule has 0 saturated carbocycles. The first-order valence-electron chi connectivity index (χ1n) is 7.08. The van der Waals surface area contributed by atoms with E-state index in [9.17, 15) is 0 Å². The second-order valence-electron chi connectivity index (χ2n) is 4.68. The van der Waals surface area contributed by atoms with Crippen molar-refractivity contribution in [3.05, 3.63) is 77.7 Å². The minimum Gasteiger partial charge on any atom is -0.367 e. The van der Waals surface area contributed by atoms with Crippen LogP contribution in [-0.4, -0.2) is 28.7 Å². The van der Waals surface area contributed by atoms with Crippen molar-refractivity contribution in [2.75, 3.05) is 0 Å². The summed E-state index contributed by atoms with van der Waals surface area (Å²) in [7, 11) is 0. The van der Waals surface area contributed by atoms with Crippen LogP contribution in [0.2, 0.25) is 20.1 Å². The van der Waals surface area contributed by atoms with Crippen LogP contribution in [-0.2, 0) is 0 Å². The molecule has 4 N–H and O–H groups in total. The Labute approximate surface area is 179 Å². The molecule has 9 nitrogen and oxygen atoms in total. The standard InChI is InChI=1S/C15H11Cl4N5.HNO3/c16-11-3-1-9(5-13(11)18)7-21-23-15(20)24-22-8-10-2-4-12(17)14(19)6-10;2-1(3)4/h1-8H,(H3,20,23,24);(H,2,3,4)/b21-7+,22-8+;. The summed E-state index contributed by atoms with van der Waals surface area (Å²) in [4.78, 5) is 8.36. The third-order valence-corrected chi connectivity index (χ3v) is 4.13. The van der Waals surface area contributed by atoms with E-state index in [0.29, 0.717) is 20.1 Å². The van der Waals surface area contributed by atoms with Gasteiger partial charge in [0.05, 0.1) is 32.5 Å². The minimum absolute atomic E-state index is 0.0163. The SMILES string of the molecule is NC(=N/N=C/c1ccc(Cl)c(Cl)c1)N/N=C/c1ccc(Cl)c(Cl)c1.O=[N+]([O-])O. The van der Waals surface area contributed by atoms with Gasteiger partial charge >= 0.3 is 0 Å². The summed E-state index contributed by atoms with van der Waals surface area (Å²) in [6.07, 6.45) is 3.01. The third kappa shape index (κ3) is 9.38. The number of nitrogens with one attached hydrogen (secondary N) is 1. The van der Waals surface area contributed by atoms with Gasteiger partial charge in [-0.1, -0.05) is 58.5 Å². The molecule has 0 amide bonds. The zero-order valence-corrected chi connectivity index (χ0v) is 16.8. The molecule has 0 unspecified atom stereocenters. The summed E-state index contributed by atoms with van der Waals surface area (Å²) in [6, 6.07) is 10.2. The lowest BCUT2D eigenvalue weighted by atomic mass is 10.2. The Morgan fingerprint density at radius 2 is 1.46 bits per heavy atom. The number of halogens is 4. The van der Waals surface area contributed by atoms with Crippen molar-refractivity contribution >= 4 is 64.8 Å². The molecule has 2 rings (SSSR count).